The molecule has 0 radical (unpaired) electrons. The molecule has 1 N–H and O–H groups in total. The molecule has 1 aliphatic heterocycles. The van der Waals surface area contributed by atoms with Gasteiger partial charge < -0.3 is 0 Å². The first kappa shape index (κ1) is 28.1. The molecule has 8 aromatic rings. The third-order valence-electron chi connectivity index (χ3n) is 10.9. The Balaban J connectivity index is 1.19. The van der Waals surface area contributed by atoms with Crippen molar-refractivity contribution in [1.82, 2.24) is 5.32 Å². The van der Waals surface area contributed by atoms with Crippen LogP contribution in [0.1, 0.15) is 42.3 Å². The van der Waals surface area contributed by atoms with E-state index in [-0.39, 0.29) is 11.6 Å². The van der Waals surface area contributed by atoms with Crippen molar-refractivity contribution in [3.05, 3.63) is 186 Å². The largest absolute Gasteiger partial charge is 0.289 e. The summed E-state index contributed by atoms with van der Waals surface area (Å²) >= 11 is 0. The van der Waals surface area contributed by atoms with Crippen LogP contribution in [-0.4, -0.2) is 10.4 Å². The molecule has 232 valence electrons. The molecule has 1 atom stereocenters. The first-order valence-electron chi connectivity index (χ1n) is 17.2. The van der Waals surface area contributed by atoms with Crippen LogP contribution in [-0.2, 0) is 5.41 Å². The minimum Gasteiger partial charge on any atom is -0.229 e. The van der Waals surface area contributed by atoms with Crippen LogP contribution in [0.4, 0.5) is 5.69 Å². The summed E-state index contributed by atoms with van der Waals surface area (Å²) in [6.07, 6.45) is 0.0129. The van der Waals surface area contributed by atoms with Crippen LogP contribution in [0.5, 0.6) is 0 Å². The van der Waals surface area contributed by atoms with Gasteiger partial charge in [0.1, 0.15) is 5.69 Å². The Bertz CT molecular complexity index is 2680. The maximum absolute atomic E-state index is 3.91. The Hall–Kier alpha value is -5.99. The summed E-state index contributed by atoms with van der Waals surface area (Å²) in [5, 5.41) is 11.5. The zero-order valence-electron chi connectivity index (χ0n) is 27.6. The SMILES string of the molecule is CC1(C)c2ccccc2-c2c1cc1ccccc1c2-c1cccc(C2=[N+](c3ccc4ccccc4c3)C(c3ccc4ccccc4c3)N2)c1. The minimum absolute atomic E-state index is 0.0129. The van der Waals surface area contributed by atoms with Gasteiger partial charge in [-0.2, -0.15) is 4.58 Å². The number of rotatable bonds is 4. The molecule has 0 spiro atoms. The van der Waals surface area contributed by atoms with E-state index < -0.39 is 0 Å². The first-order chi connectivity index (χ1) is 24.0. The van der Waals surface area contributed by atoms with Crippen molar-refractivity contribution in [3.63, 3.8) is 0 Å². The van der Waals surface area contributed by atoms with Gasteiger partial charge in [0.15, 0.2) is 0 Å². The monoisotopic (exact) mass is 627 g/mol. The Morgan fingerprint density at radius 2 is 1.14 bits per heavy atom. The second-order valence-corrected chi connectivity index (χ2v) is 14.1. The summed E-state index contributed by atoms with van der Waals surface area (Å²) in [5.41, 5.74) is 11.6. The molecular weight excluding hydrogens is 593 g/mol. The van der Waals surface area contributed by atoms with Gasteiger partial charge in [0.05, 0.1) is 5.56 Å². The van der Waals surface area contributed by atoms with E-state index in [0.29, 0.717) is 0 Å². The molecule has 10 rings (SSSR count). The van der Waals surface area contributed by atoms with Gasteiger partial charge in [-0.05, 0) is 108 Å². The van der Waals surface area contributed by atoms with Gasteiger partial charge in [0.25, 0.3) is 12.0 Å². The Morgan fingerprint density at radius 3 is 1.96 bits per heavy atom. The number of hydrogen-bond donors (Lipinski definition) is 1. The van der Waals surface area contributed by atoms with Crippen LogP contribution >= 0.6 is 0 Å². The van der Waals surface area contributed by atoms with E-state index in [1.165, 1.54) is 82.5 Å². The van der Waals surface area contributed by atoms with Crippen molar-refractivity contribution in [2.75, 3.05) is 0 Å². The van der Waals surface area contributed by atoms with Gasteiger partial charge >= 0.3 is 0 Å². The first-order valence-corrected chi connectivity index (χ1v) is 17.2. The van der Waals surface area contributed by atoms with Gasteiger partial charge in [0, 0.05) is 11.0 Å². The van der Waals surface area contributed by atoms with E-state index >= 15 is 0 Å². The van der Waals surface area contributed by atoms with Crippen LogP contribution in [0.2, 0.25) is 0 Å². The summed E-state index contributed by atoms with van der Waals surface area (Å²) < 4.78 is 2.47. The fraction of sp³-hybridized carbons (Fsp3) is 0.0851. The molecule has 2 aliphatic rings. The molecule has 0 saturated heterocycles. The van der Waals surface area contributed by atoms with Crippen LogP contribution in [0.3, 0.4) is 0 Å². The average molecular weight is 628 g/mol. The smallest absolute Gasteiger partial charge is 0.229 e. The third kappa shape index (κ3) is 4.24. The van der Waals surface area contributed by atoms with E-state index in [1.54, 1.807) is 0 Å². The molecule has 2 nitrogen and oxygen atoms in total. The molecule has 0 fully saturated rings. The number of amidine groups is 1. The van der Waals surface area contributed by atoms with Crippen LogP contribution < -0.4 is 5.32 Å². The van der Waals surface area contributed by atoms with Gasteiger partial charge in [0.2, 0.25) is 0 Å². The van der Waals surface area contributed by atoms with Crippen LogP contribution in [0.25, 0.3) is 54.6 Å². The number of hydrogen-bond acceptors (Lipinski definition) is 1. The second-order valence-electron chi connectivity index (χ2n) is 14.1. The van der Waals surface area contributed by atoms with Gasteiger partial charge in [-0.1, -0.05) is 135 Å². The van der Waals surface area contributed by atoms with Crippen molar-refractivity contribution in [2.24, 2.45) is 0 Å². The molecule has 1 aliphatic carbocycles. The van der Waals surface area contributed by atoms with Crippen molar-refractivity contribution < 1.29 is 4.58 Å². The van der Waals surface area contributed by atoms with Crippen molar-refractivity contribution in [1.29, 1.82) is 0 Å². The molecule has 0 amide bonds. The molecule has 0 bridgehead atoms. The zero-order valence-corrected chi connectivity index (χ0v) is 27.6. The van der Waals surface area contributed by atoms with Crippen molar-refractivity contribution in [2.45, 2.75) is 25.4 Å². The molecule has 1 heterocycles. The maximum atomic E-state index is 3.91. The summed E-state index contributed by atoms with van der Waals surface area (Å²) in [5.74, 6) is 1.12. The van der Waals surface area contributed by atoms with E-state index in [1.807, 2.05) is 0 Å². The number of nitrogens with one attached hydrogen (secondary N) is 1. The quantitative estimate of drug-likeness (QED) is 0.192. The fourth-order valence-corrected chi connectivity index (χ4v) is 8.40. The summed E-state index contributed by atoms with van der Waals surface area (Å²) in [6.45, 7) is 4.74. The Labute approximate surface area is 286 Å². The van der Waals surface area contributed by atoms with Gasteiger partial charge in [-0.15, -0.1) is 0 Å². The Kier molecular flexibility index (Phi) is 6.02. The minimum atomic E-state index is -0.0768. The Morgan fingerprint density at radius 1 is 0.490 bits per heavy atom. The standard InChI is InChI=1S/C47H34N2/c1-47(2)41-21-10-9-20-40(41)44-42(47)29-34-16-7-8-19-39(34)43(44)35-17-11-18-36(27-35)45-48-46(37-23-22-30-12-3-5-14-32(30)26-37)49(45)38-25-24-31-13-4-6-15-33(31)28-38/h3-29,46H,1-2H3/p+1. The van der Waals surface area contributed by atoms with Gasteiger partial charge in [-0.25, -0.2) is 5.32 Å². The molecule has 0 saturated carbocycles. The highest BCUT2D eigenvalue weighted by Crippen LogP contribution is 2.54. The van der Waals surface area contributed by atoms with E-state index in [2.05, 4.69) is 188 Å². The van der Waals surface area contributed by atoms with E-state index in [0.717, 1.165) is 5.84 Å². The number of fused-ring (bicyclic) bond motifs is 6. The molecule has 0 aromatic heterocycles. The van der Waals surface area contributed by atoms with Crippen molar-refractivity contribution in [3.8, 4) is 22.3 Å². The topological polar surface area (TPSA) is 15.0 Å². The van der Waals surface area contributed by atoms with E-state index in [9.17, 15) is 0 Å². The molecular formula is C47H35N2+. The maximum Gasteiger partial charge on any atom is 0.289 e. The molecule has 2 heteroatoms. The highest BCUT2D eigenvalue weighted by atomic mass is 15.3. The van der Waals surface area contributed by atoms with Crippen molar-refractivity contribution >= 4 is 43.8 Å². The summed E-state index contributed by atoms with van der Waals surface area (Å²) in [6, 6.07) is 60.3. The average Bonchev–Trinajstić information content (AvgIpc) is 3.36. The van der Waals surface area contributed by atoms with Crippen LogP contribution in [0, 0.1) is 0 Å². The summed E-state index contributed by atoms with van der Waals surface area (Å²) in [4.78, 5) is 0. The number of benzene rings is 8. The normalized spacial score (nSPS) is 16.0. The molecule has 8 aromatic carbocycles. The fourth-order valence-electron chi connectivity index (χ4n) is 8.40. The zero-order chi connectivity index (χ0) is 32.7. The van der Waals surface area contributed by atoms with E-state index in [4.69, 9.17) is 0 Å². The third-order valence-corrected chi connectivity index (χ3v) is 10.9. The molecule has 49 heavy (non-hydrogen) atoms. The lowest BCUT2D eigenvalue weighted by molar-refractivity contribution is -0.531. The van der Waals surface area contributed by atoms with Gasteiger partial charge in [-0.3, -0.25) is 0 Å². The lowest BCUT2D eigenvalue weighted by Crippen LogP contribution is -2.51. The van der Waals surface area contributed by atoms with Crippen LogP contribution in [0.15, 0.2) is 164 Å². The predicted octanol–water partition coefficient (Wildman–Crippen LogP) is 11.5. The lowest BCUT2D eigenvalue weighted by atomic mass is 9.80. The number of nitrogens with zero attached hydrogens (tertiary/aromatic N) is 1. The highest BCUT2D eigenvalue weighted by molar-refractivity contribution is 6.09. The lowest BCUT2D eigenvalue weighted by Gasteiger charge is -2.30. The molecule has 1 unspecified atom stereocenters. The predicted molar refractivity (Wildman–Crippen MR) is 205 cm³/mol. The summed E-state index contributed by atoms with van der Waals surface area (Å²) in [7, 11) is 0. The highest BCUT2D eigenvalue weighted by Gasteiger charge is 2.41. The second kappa shape index (κ2) is 10.5.